The van der Waals surface area contributed by atoms with Gasteiger partial charge < -0.3 is 5.11 Å². The lowest BCUT2D eigenvalue weighted by Gasteiger charge is -2.04. The first kappa shape index (κ1) is 14.6. The number of rotatable bonds is 7. The normalized spacial score (nSPS) is 11.1. The molecule has 9 heteroatoms. The quantitative estimate of drug-likeness (QED) is 0.471. The SMILES string of the molecule is C#CCSCCNS(=O)(=O)c1[nH]ncc1C(=O)O. The van der Waals surface area contributed by atoms with Crippen molar-refractivity contribution in [1.82, 2.24) is 14.9 Å². The molecule has 0 amide bonds. The van der Waals surface area contributed by atoms with Crippen molar-refractivity contribution in [2.75, 3.05) is 18.1 Å². The average molecular weight is 289 g/mol. The van der Waals surface area contributed by atoms with Gasteiger partial charge in [-0.15, -0.1) is 18.2 Å². The van der Waals surface area contributed by atoms with Gasteiger partial charge in [-0.3, -0.25) is 5.10 Å². The lowest BCUT2D eigenvalue weighted by Crippen LogP contribution is -2.27. The Morgan fingerprint density at radius 1 is 1.67 bits per heavy atom. The van der Waals surface area contributed by atoms with Crippen LogP contribution in [0.2, 0.25) is 0 Å². The van der Waals surface area contributed by atoms with Crippen molar-refractivity contribution in [2.45, 2.75) is 5.03 Å². The highest BCUT2D eigenvalue weighted by Gasteiger charge is 2.24. The minimum Gasteiger partial charge on any atom is -0.478 e. The maximum absolute atomic E-state index is 11.8. The van der Waals surface area contributed by atoms with Gasteiger partial charge >= 0.3 is 5.97 Å². The monoisotopic (exact) mass is 289 g/mol. The van der Waals surface area contributed by atoms with E-state index in [4.69, 9.17) is 11.5 Å². The third-order valence-corrected chi connectivity index (χ3v) is 4.12. The van der Waals surface area contributed by atoms with Gasteiger partial charge in [0.1, 0.15) is 5.56 Å². The summed E-state index contributed by atoms with van der Waals surface area (Å²) in [6, 6.07) is 0. The Morgan fingerprint density at radius 2 is 2.39 bits per heavy atom. The number of hydrogen-bond acceptors (Lipinski definition) is 5. The minimum absolute atomic E-state index is 0.159. The molecule has 0 saturated heterocycles. The molecule has 3 N–H and O–H groups in total. The van der Waals surface area contributed by atoms with Gasteiger partial charge in [0, 0.05) is 12.3 Å². The summed E-state index contributed by atoms with van der Waals surface area (Å²) in [4.78, 5) is 10.8. The molecule has 0 aliphatic heterocycles. The summed E-state index contributed by atoms with van der Waals surface area (Å²) in [5.41, 5.74) is -0.390. The summed E-state index contributed by atoms with van der Waals surface area (Å²) in [5, 5.41) is 13.9. The van der Waals surface area contributed by atoms with Crippen LogP contribution in [0.5, 0.6) is 0 Å². The number of carbonyl (C=O) groups is 1. The number of sulfonamides is 1. The fraction of sp³-hybridized carbons (Fsp3) is 0.333. The highest BCUT2D eigenvalue weighted by atomic mass is 32.2. The first-order valence-electron chi connectivity index (χ1n) is 4.76. The Labute approximate surface area is 108 Å². The number of thioether (sulfide) groups is 1. The molecule has 0 bridgehead atoms. The van der Waals surface area contributed by atoms with Crippen LogP contribution >= 0.6 is 11.8 Å². The molecule has 0 aliphatic carbocycles. The second-order valence-electron chi connectivity index (χ2n) is 3.07. The summed E-state index contributed by atoms with van der Waals surface area (Å²) in [7, 11) is -3.89. The zero-order chi connectivity index (χ0) is 13.6. The second kappa shape index (κ2) is 6.44. The molecule has 0 spiro atoms. The van der Waals surface area contributed by atoms with Gasteiger partial charge in [0.05, 0.1) is 11.9 Å². The highest BCUT2D eigenvalue weighted by molar-refractivity contribution is 7.99. The van der Waals surface area contributed by atoms with Gasteiger partial charge in [-0.05, 0) is 0 Å². The molecule has 98 valence electrons. The third-order valence-electron chi connectivity index (χ3n) is 1.83. The van der Waals surface area contributed by atoms with E-state index in [0.29, 0.717) is 11.5 Å². The van der Waals surface area contributed by atoms with Crippen molar-refractivity contribution in [3.8, 4) is 12.3 Å². The van der Waals surface area contributed by atoms with Crippen LogP contribution in [0.4, 0.5) is 0 Å². The van der Waals surface area contributed by atoms with E-state index in [9.17, 15) is 13.2 Å². The number of aromatic amines is 1. The highest BCUT2D eigenvalue weighted by Crippen LogP contribution is 2.11. The average Bonchev–Trinajstić information content (AvgIpc) is 2.78. The maximum Gasteiger partial charge on any atom is 0.340 e. The molecule has 0 fully saturated rings. The fourth-order valence-corrected chi connectivity index (χ4v) is 2.84. The second-order valence-corrected chi connectivity index (χ2v) is 5.88. The summed E-state index contributed by atoms with van der Waals surface area (Å²) >= 11 is 1.40. The van der Waals surface area contributed by atoms with E-state index in [0.717, 1.165) is 6.20 Å². The first-order valence-corrected chi connectivity index (χ1v) is 7.40. The minimum atomic E-state index is -3.89. The summed E-state index contributed by atoms with van der Waals surface area (Å²) in [5.74, 6) is 2.05. The van der Waals surface area contributed by atoms with Gasteiger partial charge in [-0.1, -0.05) is 5.92 Å². The molecule has 1 aromatic rings. The predicted molar refractivity (Wildman–Crippen MR) is 66.9 cm³/mol. The van der Waals surface area contributed by atoms with Crippen molar-refractivity contribution in [2.24, 2.45) is 0 Å². The molecule has 18 heavy (non-hydrogen) atoms. The standard InChI is InChI=1S/C9H11N3O4S2/c1-2-4-17-5-3-11-18(15,16)8-7(9(13)14)6-10-12-8/h1,6,11H,3-5H2,(H,10,12)(H,13,14). The zero-order valence-electron chi connectivity index (χ0n) is 9.21. The van der Waals surface area contributed by atoms with E-state index in [2.05, 4.69) is 20.8 Å². The Balaban J connectivity index is 2.67. The largest absolute Gasteiger partial charge is 0.478 e. The van der Waals surface area contributed by atoms with Crippen LogP contribution in [0.1, 0.15) is 10.4 Å². The lowest BCUT2D eigenvalue weighted by molar-refractivity contribution is 0.0692. The molecule has 0 aliphatic rings. The van der Waals surface area contributed by atoms with E-state index in [-0.39, 0.29) is 6.54 Å². The number of aromatic nitrogens is 2. The van der Waals surface area contributed by atoms with Crippen LogP contribution < -0.4 is 4.72 Å². The van der Waals surface area contributed by atoms with E-state index < -0.39 is 26.6 Å². The number of terminal acetylenes is 1. The molecule has 0 radical (unpaired) electrons. The smallest absolute Gasteiger partial charge is 0.340 e. The number of aromatic carboxylic acids is 1. The maximum atomic E-state index is 11.8. The molecule has 0 unspecified atom stereocenters. The van der Waals surface area contributed by atoms with E-state index in [1.54, 1.807) is 0 Å². The number of hydrogen-bond donors (Lipinski definition) is 3. The zero-order valence-corrected chi connectivity index (χ0v) is 10.8. The molecule has 7 nitrogen and oxygen atoms in total. The van der Waals surface area contributed by atoms with Crippen molar-refractivity contribution in [3.05, 3.63) is 11.8 Å². The van der Waals surface area contributed by atoms with Crippen LogP contribution in [0.25, 0.3) is 0 Å². The number of carboxylic acids is 1. The molecule has 0 aromatic carbocycles. The Kier molecular flexibility index (Phi) is 5.21. The van der Waals surface area contributed by atoms with Crippen molar-refractivity contribution in [1.29, 1.82) is 0 Å². The molecule has 0 atom stereocenters. The molecular weight excluding hydrogens is 278 g/mol. The number of H-pyrrole nitrogens is 1. The molecule has 0 saturated carbocycles. The molecule has 1 heterocycles. The fourth-order valence-electron chi connectivity index (χ4n) is 1.08. The van der Waals surface area contributed by atoms with E-state index in [1.807, 2.05) is 0 Å². The molecular formula is C9H11N3O4S2. The van der Waals surface area contributed by atoms with Gasteiger partial charge in [0.15, 0.2) is 5.03 Å². The van der Waals surface area contributed by atoms with Gasteiger partial charge in [-0.25, -0.2) is 17.9 Å². The summed E-state index contributed by atoms with van der Waals surface area (Å²) in [6.45, 7) is 0.159. The van der Waals surface area contributed by atoms with Crippen LogP contribution in [-0.4, -0.2) is 47.7 Å². The van der Waals surface area contributed by atoms with Crippen LogP contribution in [0, 0.1) is 12.3 Å². The first-order chi connectivity index (χ1) is 8.49. The number of nitrogens with zero attached hydrogens (tertiary/aromatic N) is 1. The summed E-state index contributed by atoms with van der Waals surface area (Å²) < 4.78 is 25.8. The third kappa shape index (κ3) is 3.76. The topological polar surface area (TPSA) is 112 Å². The molecule has 1 aromatic heterocycles. The number of nitrogens with one attached hydrogen (secondary N) is 2. The van der Waals surface area contributed by atoms with Crippen LogP contribution in [-0.2, 0) is 10.0 Å². The van der Waals surface area contributed by atoms with Crippen molar-refractivity contribution >= 4 is 27.8 Å². The Bertz CT molecular complexity index is 559. The van der Waals surface area contributed by atoms with E-state index >= 15 is 0 Å². The Morgan fingerprint density at radius 3 is 3.00 bits per heavy atom. The van der Waals surface area contributed by atoms with Gasteiger partial charge in [-0.2, -0.15) is 5.10 Å². The molecule has 1 rings (SSSR count). The van der Waals surface area contributed by atoms with Crippen molar-refractivity contribution < 1.29 is 18.3 Å². The van der Waals surface area contributed by atoms with E-state index in [1.165, 1.54) is 11.8 Å². The van der Waals surface area contributed by atoms with Crippen molar-refractivity contribution in [3.63, 3.8) is 0 Å². The lowest BCUT2D eigenvalue weighted by atomic mass is 10.4. The van der Waals surface area contributed by atoms with Crippen LogP contribution in [0.15, 0.2) is 11.2 Å². The summed E-state index contributed by atoms with van der Waals surface area (Å²) in [6.07, 6.45) is 5.99. The van der Waals surface area contributed by atoms with Gasteiger partial charge in [0.2, 0.25) is 0 Å². The predicted octanol–water partition coefficient (Wildman–Crippen LogP) is -0.247. The Hall–Kier alpha value is -1.50. The number of carboxylic acid groups (broad SMARTS) is 1. The van der Waals surface area contributed by atoms with Crippen LogP contribution in [0.3, 0.4) is 0 Å². The van der Waals surface area contributed by atoms with Gasteiger partial charge in [0.25, 0.3) is 10.0 Å².